The molecule has 0 aromatic carbocycles. The Balaban J connectivity index is 1.78. The van der Waals surface area contributed by atoms with Gasteiger partial charge in [0.15, 0.2) is 5.69 Å². The van der Waals surface area contributed by atoms with Gasteiger partial charge in [-0.15, -0.1) is 0 Å². The summed E-state index contributed by atoms with van der Waals surface area (Å²) in [5.41, 5.74) is 2.94. The molecule has 1 saturated heterocycles. The van der Waals surface area contributed by atoms with E-state index in [9.17, 15) is 4.79 Å². The Labute approximate surface area is 181 Å². The number of carbonyl (C=O) groups excluding carboxylic acids is 1. The van der Waals surface area contributed by atoms with E-state index in [4.69, 9.17) is 21.3 Å². The van der Waals surface area contributed by atoms with Gasteiger partial charge in [-0.05, 0) is 70.3 Å². The molecular weight excluding hydrogens is 400 g/mol. The summed E-state index contributed by atoms with van der Waals surface area (Å²) in [5.74, 6) is 0.469. The number of Topliss-reactive ketones (excluding diaryl/α,β-unsaturated/α-hetero) is 1. The second-order valence-electron chi connectivity index (χ2n) is 7.94. The van der Waals surface area contributed by atoms with Crippen molar-refractivity contribution in [3.05, 3.63) is 58.3 Å². The summed E-state index contributed by atoms with van der Waals surface area (Å²) < 4.78 is 7.61. The number of nitrogens with one attached hydrogen (secondary N) is 1. The van der Waals surface area contributed by atoms with Gasteiger partial charge in [-0.25, -0.2) is 9.97 Å². The van der Waals surface area contributed by atoms with Crippen LogP contribution >= 0.6 is 11.6 Å². The van der Waals surface area contributed by atoms with E-state index in [-0.39, 0.29) is 5.78 Å². The van der Waals surface area contributed by atoms with Crippen LogP contribution < -0.4 is 10.1 Å². The smallest absolute Gasteiger partial charge is 0.205 e. The number of ether oxygens (including phenoxy) is 1. The number of rotatable bonds is 6. The zero-order chi connectivity index (χ0) is 21.3. The molecule has 0 unspecified atom stereocenters. The number of hydrogen-bond donors (Lipinski definition) is 1. The number of fused-ring (bicyclic) bond motifs is 1. The van der Waals surface area contributed by atoms with E-state index < -0.39 is 5.54 Å². The second-order valence-corrected chi connectivity index (χ2v) is 8.30. The fraction of sp³-hybridized carbons (Fsp3) is 0.435. The standard InChI is InChI=1S/C23H27ClN4O2/c1-4-30-18-10-9-16(3)26-19(18)20(29)23(11-5-6-12-25-23)14-17-21(24)28-13-7-8-15(2)22(28)27-17/h7-10,13,25H,4-6,11-12,14H2,1-3H3/t23-/m0/s1. The Bertz CT molecular complexity index is 1090. The lowest BCUT2D eigenvalue weighted by Gasteiger charge is -2.36. The highest BCUT2D eigenvalue weighted by Gasteiger charge is 2.43. The topological polar surface area (TPSA) is 68.5 Å². The first-order chi connectivity index (χ1) is 14.4. The molecule has 1 aliphatic heterocycles. The fourth-order valence-corrected chi connectivity index (χ4v) is 4.46. The predicted octanol–water partition coefficient (Wildman–Crippen LogP) is 4.34. The van der Waals surface area contributed by atoms with Crippen LogP contribution in [0.25, 0.3) is 5.65 Å². The molecule has 0 bridgehead atoms. The van der Waals surface area contributed by atoms with Crippen molar-refractivity contribution in [1.29, 1.82) is 0 Å². The summed E-state index contributed by atoms with van der Waals surface area (Å²) in [6, 6.07) is 7.65. The van der Waals surface area contributed by atoms with Gasteiger partial charge < -0.3 is 10.1 Å². The maximum absolute atomic E-state index is 13.9. The summed E-state index contributed by atoms with van der Waals surface area (Å²) in [6.07, 6.45) is 5.01. The largest absolute Gasteiger partial charge is 0.491 e. The number of aryl methyl sites for hydroxylation is 2. The molecule has 1 N–H and O–H groups in total. The van der Waals surface area contributed by atoms with E-state index >= 15 is 0 Å². The van der Waals surface area contributed by atoms with Gasteiger partial charge in [0.2, 0.25) is 5.78 Å². The van der Waals surface area contributed by atoms with Gasteiger partial charge in [-0.1, -0.05) is 17.7 Å². The number of pyridine rings is 2. The fourth-order valence-electron chi connectivity index (χ4n) is 4.22. The Kier molecular flexibility index (Phi) is 5.80. The molecule has 0 amide bonds. The average Bonchev–Trinajstić information content (AvgIpc) is 3.06. The molecular formula is C23H27ClN4O2. The van der Waals surface area contributed by atoms with Crippen LogP contribution in [0.2, 0.25) is 5.15 Å². The highest BCUT2D eigenvalue weighted by atomic mass is 35.5. The summed E-state index contributed by atoms with van der Waals surface area (Å²) >= 11 is 6.69. The van der Waals surface area contributed by atoms with Crippen molar-refractivity contribution in [3.63, 3.8) is 0 Å². The maximum Gasteiger partial charge on any atom is 0.205 e. The number of aromatic nitrogens is 3. The van der Waals surface area contributed by atoms with E-state index in [1.54, 1.807) is 0 Å². The molecule has 1 fully saturated rings. The Morgan fingerprint density at radius 2 is 2.10 bits per heavy atom. The first-order valence-electron chi connectivity index (χ1n) is 10.5. The Hall–Kier alpha value is -2.44. The molecule has 0 radical (unpaired) electrons. The minimum Gasteiger partial charge on any atom is -0.491 e. The average molecular weight is 427 g/mol. The number of hydrogen-bond acceptors (Lipinski definition) is 5. The number of ketones is 1. The third-order valence-corrected chi connectivity index (χ3v) is 6.16. The van der Waals surface area contributed by atoms with E-state index in [0.717, 1.165) is 42.0 Å². The highest BCUT2D eigenvalue weighted by Crippen LogP contribution is 2.33. The van der Waals surface area contributed by atoms with Crippen LogP contribution in [-0.4, -0.2) is 38.8 Å². The molecule has 4 heterocycles. The number of imidazole rings is 1. The summed E-state index contributed by atoms with van der Waals surface area (Å²) in [4.78, 5) is 23.2. The van der Waals surface area contributed by atoms with Crippen molar-refractivity contribution in [2.45, 2.75) is 52.0 Å². The molecule has 1 aliphatic rings. The first kappa shape index (κ1) is 20.8. The molecule has 0 aliphatic carbocycles. The minimum absolute atomic E-state index is 0.0563. The molecule has 6 nitrogen and oxygen atoms in total. The third kappa shape index (κ3) is 3.70. The second kappa shape index (κ2) is 8.36. The Morgan fingerprint density at radius 1 is 1.27 bits per heavy atom. The van der Waals surface area contributed by atoms with E-state index in [0.29, 0.717) is 36.0 Å². The van der Waals surface area contributed by atoms with E-state index in [1.807, 2.05) is 55.6 Å². The van der Waals surface area contributed by atoms with E-state index in [2.05, 4.69) is 10.3 Å². The Morgan fingerprint density at radius 3 is 2.80 bits per heavy atom. The quantitative estimate of drug-likeness (QED) is 0.594. The molecule has 0 spiro atoms. The van der Waals surface area contributed by atoms with Gasteiger partial charge in [0, 0.05) is 18.3 Å². The van der Waals surface area contributed by atoms with Crippen LogP contribution in [0.15, 0.2) is 30.5 Å². The number of halogens is 1. The van der Waals surface area contributed by atoms with Gasteiger partial charge in [-0.2, -0.15) is 0 Å². The van der Waals surface area contributed by atoms with Gasteiger partial charge in [0.25, 0.3) is 0 Å². The van der Waals surface area contributed by atoms with Crippen molar-refractivity contribution in [1.82, 2.24) is 19.7 Å². The molecule has 158 valence electrons. The molecule has 7 heteroatoms. The lowest BCUT2D eigenvalue weighted by molar-refractivity contribution is 0.0799. The van der Waals surface area contributed by atoms with Crippen LogP contribution in [0.3, 0.4) is 0 Å². The molecule has 3 aromatic rings. The molecule has 0 saturated carbocycles. The predicted molar refractivity (Wildman–Crippen MR) is 118 cm³/mol. The van der Waals surface area contributed by atoms with Crippen LogP contribution in [0.1, 0.15) is 53.6 Å². The van der Waals surface area contributed by atoms with Crippen LogP contribution in [-0.2, 0) is 6.42 Å². The minimum atomic E-state index is -0.805. The summed E-state index contributed by atoms with van der Waals surface area (Å²) in [5, 5.41) is 4.05. The van der Waals surface area contributed by atoms with E-state index in [1.165, 1.54) is 0 Å². The highest BCUT2D eigenvalue weighted by molar-refractivity contribution is 6.30. The van der Waals surface area contributed by atoms with Crippen LogP contribution in [0.5, 0.6) is 5.75 Å². The van der Waals surface area contributed by atoms with Crippen molar-refractivity contribution in [2.24, 2.45) is 0 Å². The first-order valence-corrected chi connectivity index (χ1v) is 10.9. The van der Waals surface area contributed by atoms with Crippen molar-refractivity contribution in [2.75, 3.05) is 13.2 Å². The third-order valence-electron chi connectivity index (χ3n) is 5.76. The number of nitrogens with zero attached hydrogens (tertiary/aromatic N) is 3. The lowest BCUT2D eigenvalue weighted by Crippen LogP contribution is -2.56. The summed E-state index contributed by atoms with van der Waals surface area (Å²) in [6.45, 7) is 7.04. The van der Waals surface area contributed by atoms with Crippen LogP contribution in [0.4, 0.5) is 0 Å². The molecule has 4 rings (SSSR count). The zero-order valence-corrected chi connectivity index (χ0v) is 18.4. The van der Waals surface area contributed by atoms with Crippen LogP contribution in [0, 0.1) is 13.8 Å². The normalized spacial score (nSPS) is 19.2. The monoisotopic (exact) mass is 426 g/mol. The SMILES string of the molecule is CCOc1ccc(C)nc1C(=O)[C@@]1(Cc2nc3c(C)cccn3c2Cl)CCCCN1. The van der Waals surface area contributed by atoms with Crippen molar-refractivity contribution >= 4 is 23.0 Å². The van der Waals surface area contributed by atoms with Gasteiger partial charge >= 0.3 is 0 Å². The zero-order valence-electron chi connectivity index (χ0n) is 17.7. The van der Waals surface area contributed by atoms with Gasteiger partial charge in [-0.3, -0.25) is 9.20 Å². The number of carbonyl (C=O) groups is 1. The molecule has 1 atom stereocenters. The molecule has 3 aromatic heterocycles. The van der Waals surface area contributed by atoms with Gasteiger partial charge in [0.1, 0.15) is 16.5 Å². The van der Waals surface area contributed by atoms with Gasteiger partial charge in [0.05, 0.1) is 17.8 Å². The molecule has 30 heavy (non-hydrogen) atoms. The van der Waals surface area contributed by atoms with Crippen molar-refractivity contribution < 1.29 is 9.53 Å². The lowest BCUT2D eigenvalue weighted by atomic mass is 9.79. The number of piperidine rings is 1. The maximum atomic E-state index is 13.9. The van der Waals surface area contributed by atoms with Crippen molar-refractivity contribution in [3.8, 4) is 5.75 Å². The summed E-state index contributed by atoms with van der Waals surface area (Å²) in [7, 11) is 0.